The molecule has 4 heteroatoms. The van der Waals surface area contributed by atoms with Crippen molar-refractivity contribution in [1.29, 1.82) is 0 Å². The SMILES string of the molecule is CC1CC(C(=O)N2C[C@@H]3CCN[C@@H]3C2)CO1. The first-order valence-corrected chi connectivity index (χ1v) is 6.38. The van der Waals surface area contributed by atoms with Crippen molar-refractivity contribution >= 4 is 5.91 Å². The van der Waals surface area contributed by atoms with Crippen molar-refractivity contribution < 1.29 is 9.53 Å². The average molecular weight is 224 g/mol. The highest BCUT2D eigenvalue weighted by molar-refractivity contribution is 5.79. The molecule has 3 aliphatic rings. The summed E-state index contributed by atoms with van der Waals surface area (Å²) in [7, 11) is 0. The van der Waals surface area contributed by atoms with Crippen LogP contribution in [-0.2, 0) is 9.53 Å². The molecule has 0 bridgehead atoms. The summed E-state index contributed by atoms with van der Waals surface area (Å²) >= 11 is 0. The molecule has 90 valence electrons. The Hall–Kier alpha value is -0.610. The summed E-state index contributed by atoms with van der Waals surface area (Å²) in [6, 6.07) is 0.559. The summed E-state index contributed by atoms with van der Waals surface area (Å²) < 4.78 is 5.48. The predicted molar refractivity (Wildman–Crippen MR) is 60.0 cm³/mol. The maximum absolute atomic E-state index is 12.2. The van der Waals surface area contributed by atoms with Crippen LogP contribution in [0.25, 0.3) is 0 Å². The van der Waals surface area contributed by atoms with E-state index in [4.69, 9.17) is 4.74 Å². The summed E-state index contributed by atoms with van der Waals surface area (Å²) in [5.74, 6) is 1.14. The lowest BCUT2D eigenvalue weighted by Gasteiger charge is -2.20. The van der Waals surface area contributed by atoms with E-state index in [2.05, 4.69) is 5.32 Å². The summed E-state index contributed by atoms with van der Waals surface area (Å²) in [6.07, 6.45) is 2.39. The van der Waals surface area contributed by atoms with Crippen LogP contribution in [0.2, 0.25) is 0 Å². The fraction of sp³-hybridized carbons (Fsp3) is 0.917. The highest BCUT2D eigenvalue weighted by atomic mass is 16.5. The maximum atomic E-state index is 12.2. The highest BCUT2D eigenvalue weighted by Crippen LogP contribution is 2.28. The molecule has 3 heterocycles. The van der Waals surface area contributed by atoms with Gasteiger partial charge >= 0.3 is 0 Å². The summed E-state index contributed by atoms with van der Waals surface area (Å²) in [5, 5.41) is 3.48. The minimum absolute atomic E-state index is 0.119. The highest BCUT2D eigenvalue weighted by Gasteiger charge is 2.40. The monoisotopic (exact) mass is 224 g/mol. The van der Waals surface area contributed by atoms with Crippen molar-refractivity contribution in [2.45, 2.75) is 31.9 Å². The van der Waals surface area contributed by atoms with Crippen molar-refractivity contribution in [2.24, 2.45) is 11.8 Å². The molecule has 1 N–H and O–H groups in total. The molecule has 3 saturated heterocycles. The van der Waals surface area contributed by atoms with Gasteiger partial charge in [0.05, 0.1) is 18.6 Å². The average Bonchev–Trinajstić information content (AvgIpc) is 2.89. The van der Waals surface area contributed by atoms with Gasteiger partial charge in [-0.25, -0.2) is 0 Å². The van der Waals surface area contributed by atoms with Crippen LogP contribution in [0.15, 0.2) is 0 Å². The normalized spacial score (nSPS) is 42.7. The smallest absolute Gasteiger partial charge is 0.228 e. The molecule has 0 aromatic heterocycles. The van der Waals surface area contributed by atoms with E-state index in [9.17, 15) is 4.79 Å². The Morgan fingerprint density at radius 3 is 3.00 bits per heavy atom. The van der Waals surface area contributed by atoms with Crippen LogP contribution in [-0.4, -0.2) is 49.2 Å². The number of ether oxygens (including phenoxy) is 1. The first-order valence-electron chi connectivity index (χ1n) is 6.38. The van der Waals surface area contributed by atoms with Gasteiger partial charge < -0.3 is 15.0 Å². The van der Waals surface area contributed by atoms with Gasteiger partial charge in [0, 0.05) is 19.1 Å². The standard InChI is InChI=1S/C12H20N2O2/c1-8-4-10(7-16-8)12(15)14-5-9-2-3-13-11(9)6-14/h8-11,13H,2-7H2,1H3/t8?,9-,10?,11+/m0/s1. The molecular weight excluding hydrogens is 204 g/mol. The second kappa shape index (κ2) is 4.00. The fourth-order valence-corrected chi connectivity index (χ4v) is 3.28. The third-order valence-corrected chi connectivity index (χ3v) is 4.22. The van der Waals surface area contributed by atoms with Crippen LogP contribution in [0.4, 0.5) is 0 Å². The topological polar surface area (TPSA) is 41.6 Å². The number of nitrogens with zero attached hydrogens (tertiary/aromatic N) is 1. The summed E-state index contributed by atoms with van der Waals surface area (Å²) in [4.78, 5) is 14.3. The molecule has 0 saturated carbocycles. The zero-order valence-corrected chi connectivity index (χ0v) is 9.82. The van der Waals surface area contributed by atoms with Gasteiger partial charge in [-0.15, -0.1) is 0 Å². The lowest BCUT2D eigenvalue weighted by molar-refractivity contribution is -0.134. The third-order valence-electron chi connectivity index (χ3n) is 4.22. The fourth-order valence-electron chi connectivity index (χ4n) is 3.28. The molecule has 0 aromatic rings. The largest absolute Gasteiger partial charge is 0.378 e. The van der Waals surface area contributed by atoms with E-state index in [0.717, 1.165) is 26.1 Å². The van der Waals surface area contributed by atoms with E-state index in [1.54, 1.807) is 0 Å². The molecule has 2 unspecified atom stereocenters. The van der Waals surface area contributed by atoms with Gasteiger partial charge in [-0.2, -0.15) is 0 Å². The van der Waals surface area contributed by atoms with Gasteiger partial charge in [-0.05, 0) is 32.2 Å². The quantitative estimate of drug-likeness (QED) is 0.693. The second-order valence-corrected chi connectivity index (χ2v) is 5.43. The molecule has 3 fully saturated rings. The van der Waals surface area contributed by atoms with Crippen LogP contribution in [0.5, 0.6) is 0 Å². The minimum Gasteiger partial charge on any atom is -0.378 e. The first kappa shape index (κ1) is 10.5. The van der Waals surface area contributed by atoms with E-state index in [1.807, 2.05) is 11.8 Å². The number of hydrogen-bond donors (Lipinski definition) is 1. The maximum Gasteiger partial charge on any atom is 0.228 e. The van der Waals surface area contributed by atoms with Crippen LogP contribution < -0.4 is 5.32 Å². The lowest BCUT2D eigenvalue weighted by Crippen LogP contribution is -2.37. The zero-order valence-electron chi connectivity index (χ0n) is 9.82. The predicted octanol–water partition coefficient (Wildman–Crippen LogP) is 0.232. The Labute approximate surface area is 96.3 Å². The summed E-state index contributed by atoms with van der Waals surface area (Å²) in [6.45, 7) is 5.67. The number of nitrogens with one attached hydrogen (secondary N) is 1. The Balaban J connectivity index is 1.60. The van der Waals surface area contributed by atoms with Gasteiger partial charge in [0.2, 0.25) is 5.91 Å². The van der Waals surface area contributed by atoms with Crippen molar-refractivity contribution in [3.05, 3.63) is 0 Å². The van der Waals surface area contributed by atoms with Gasteiger partial charge in [-0.1, -0.05) is 0 Å². The Kier molecular flexibility index (Phi) is 2.64. The molecule has 0 spiro atoms. The van der Waals surface area contributed by atoms with Gasteiger partial charge in [0.25, 0.3) is 0 Å². The number of amides is 1. The second-order valence-electron chi connectivity index (χ2n) is 5.43. The zero-order chi connectivity index (χ0) is 11.1. The Morgan fingerprint density at radius 2 is 2.31 bits per heavy atom. The number of hydrogen-bond acceptors (Lipinski definition) is 3. The van der Waals surface area contributed by atoms with Crippen LogP contribution >= 0.6 is 0 Å². The molecule has 4 atom stereocenters. The third kappa shape index (κ3) is 1.74. The Bertz CT molecular complexity index is 283. The number of fused-ring (bicyclic) bond motifs is 1. The van der Waals surface area contributed by atoms with Crippen molar-refractivity contribution in [3.63, 3.8) is 0 Å². The van der Waals surface area contributed by atoms with Crippen LogP contribution in [0.1, 0.15) is 19.8 Å². The minimum atomic E-state index is 0.119. The van der Waals surface area contributed by atoms with E-state index in [0.29, 0.717) is 24.5 Å². The number of carbonyl (C=O) groups is 1. The molecule has 4 nitrogen and oxygen atoms in total. The molecule has 3 rings (SSSR count). The molecular formula is C12H20N2O2. The van der Waals surface area contributed by atoms with E-state index in [-0.39, 0.29) is 12.0 Å². The summed E-state index contributed by atoms with van der Waals surface area (Å²) in [5.41, 5.74) is 0. The van der Waals surface area contributed by atoms with Gasteiger partial charge in [0.15, 0.2) is 0 Å². The molecule has 1 amide bonds. The Morgan fingerprint density at radius 1 is 1.44 bits per heavy atom. The molecule has 0 aromatic carbocycles. The number of likely N-dealkylation sites (tertiary alicyclic amines) is 1. The molecule has 0 aliphatic carbocycles. The van der Waals surface area contributed by atoms with Gasteiger partial charge in [-0.3, -0.25) is 4.79 Å². The molecule has 3 aliphatic heterocycles. The molecule has 16 heavy (non-hydrogen) atoms. The van der Waals surface area contributed by atoms with E-state index >= 15 is 0 Å². The van der Waals surface area contributed by atoms with Crippen LogP contribution in [0, 0.1) is 11.8 Å². The lowest BCUT2D eigenvalue weighted by atomic mass is 10.0. The van der Waals surface area contributed by atoms with Gasteiger partial charge in [0.1, 0.15) is 0 Å². The van der Waals surface area contributed by atoms with E-state index in [1.165, 1.54) is 6.42 Å². The van der Waals surface area contributed by atoms with Crippen molar-refractivity contribution in [1.82, 2.24) is 10.2 Å². The molecule has 0 radical (unpaired) electrons. The first-order chi connectivity index (χ1) is 7.74. The van der Waals surface area contributed by atoms with E-state index < -0.39 is 0 Å². The number of carbonyl (C=O) groups excluding carboxylic acids is 1. The van der Waals surface area contributed by atoms with Crippen molar-refractivity contribution in [2.75, 3.05) is 26.2 Å². The van der Waals surface area contributed by atoms with Crippen LogP contribution in [0.3, 0.4) is 0 Å². The van der Waals surface area contributed by atoms with Crippen molar-refractivity contribution in [3.8, 4) is 0 Å². The number of rotatable bonds is 1.